The Hall–Kier alpha value is -4.35. The molecule has 1 saturated heterocycles. The largest absolute Gasteiger partial charge is 0.497 e. The molecule has 0 unspecified atom stereocenters. The maximum absolute atomic E-state index is 13.4. The average molecular weight is 633 g/mol. The number of H-pyrrole nitrogens is 1. The lowest BCUT2D eigenvalue weighted by Gasteiger charge is -2.52. The lowest BCUT2D eigenvalue weighted by molar-refractivity contribution is -0.187. The Balaban J connectivity index is 1.23. The van der Waals surface area contributed by atoms with Gasteiger partial charge in [-0.1, -0.05) is 6.07 Å². The van der Waals surface area contributed by atoms with Crippen molar-refractivity contribution < 1.29 is 42.8 Å². The number of piperidine rings is 1. The Bertz CT molecular complexity index is 1660. The number of carbonyl (C=O) groups excluding carboxylic acids is 3. The topological polar surface area (TPSA) is 126 Å². The number of ether oxygens (including phenoxy) is 6. The van der Waals surface area contributed by atoms with Crippen molar-refractivity contribution in [2.24, 2.45) is 17.8 Å². The van der Waals surface area contributed by atoms with Crippen LogP contribution in [0.1, 0.15) is 46.1 Å². The van der Waals surface area contributed by atoms with Crippen LogP contribution in [0.15, 0.2) is 42.5 Å². The second-order valence-electron chi connectivity index (χ2n) is 12.1. The van der Waals surface area contributed by atoms with Gasteiger partial charge < -0.3 is 33.4 Å². The standard InChI is InChI=1S/C35H40N2O9/c1-41-21-8-9-22-23-12-13-37-18-20-15-29(46-30(38)11-7-19-6-10-28(42-2)25(14-19)34(39)44-4)33(43-3)31(35(40)45-5)24(20)17-27(37)32(23)36-26(22)16-21/h6-11,14,16,20,24,27,29,31,33,36H,12-13,15,17-18H2,1-5H3/b11-7+/t20-,24+,27-,29-,31+,33+/m1/s1. The number of hydrogen-bond acceptors (Lipinski definition) is 10. The molecule has 1 aliphatic carbocycles. The van der Waals surface area contributed by atoms with Crippen molar-refractivity contribution in [1.82, 2.24) is 9.88 Å². The number of benzene rings is 2. The van der Waals surface area contributed by atoms with E-state index in [9.17, 15) is 14.4 Å². The highest BCUT2D eigenvalue weighted by Crippen LogP contribution is 2.50. The number of nitrogens with one attached hydrogen (secondary N) is 1. The Morgan fingerprint density at radius 3 is 2.50 bits per heavy atom. The molecular formula is C35H40N2O9. The Labute approximate surface area is 267 Å². The van der Waals surface area contributed by atoms with Crippen LogP contribution in [0.25, 0.3) is 17.0 Å². The molecule has 3 aliphatic rings. The minimum atomic E-state index is -0.667. The summed E-state index contributed by atoms with van der Waals surface area (Å²) in [6.45, 7) is 1.67. The van der Waals surface area contributed by atoms with Gasteiger partial charge in [0.15, 0.2) is 0 Å². The first-order chi connectivity index (χ1) is 22.3. The highest BCUT2D eigenvalue weighted by molar-refractivity contribution is 5.94. The molecule has 1 N–H and O–H groups in total. The second kappa shape index (κ2) is 13.2. The molecule has 2 aromatic carbocycles. The molecule has 2 aliphatic heterocycles. The van der Waals surface area contributed by atoms with Crippen molar-refractivity contribution in [3.8, 4) is 11.5 Å². The summed E-state index contributed by atoms with van der Waals surface area (Å²) in [5, 5.41) is 1.21. The minimum absolute atomic E-state index is 0.0212. The Morgan fingerprint density at radius 1 is 0.957 bits per heavy atom. The lowest BCUT2D eigenvalue weighted by atomic mass is 9.63. The molecule has 6 atom stereocenters. The van der Waals surface area contributed by atoms with Gasteiger partial charge >= 0.3 is 17.9 Å². The van der Waals surface area contributed by atoms with Gasteiger partial charge in [0.05, 0.1) is 40.4 Å². The third-order valence-corrected chi connectivity index (χ3v) is 9.91. The number of rotatable bonds is 8. The van der Waals surface area contributed by atoms with E-state index in [2.05, 4.69) is 16.0 Å². The van der Waals surface area contributed by atoms with E-state index in [1.54, 1.807) is 38.5 Å². The molecule has 11 heteroatoms. The first kappa shape index (κ1) is 31.6. The summed E-state index contributed by atoms with van der Waals surface area (Å²) in [5.41, 5.74) is 4.40. The van der Waals surface area contributed by atoms with Crippen LogP contribution in [-0.2, 0) is 35.0 Å². The number of fused-ring (bicyclic) bond motifs is 6. The molecule has 244 valence electrons. The maximum Gasteiger partial charge on any atom is 0.341 e. The van der Waals surface area contributed by atoms with Crippen molar-refractivity contribution in [3.63, 3.8) is 0 Å². The van der Waals surface area contributed by atoms with E-state index in [0.29, 0.717) is 17.7 Å². The zero-order valence-electron chi connectivity index (χ0n) is 26.7. The molecule has 46 heavy (non-hydrogen) atoms. The molecule has 1 aromatic heterocycles. The van der Waals surface area contributed by atoms with Crippen LogP contribution in [-0.4, -0.2) is 88.6 Å². The third kappa shape index (κ3) is 5.73. The van der Waals surface area contributed by atoms with Crippen molar-refractivity contribution >= 4 is 34.9 Å². The van der Waals surface area contributed by atoms with Crippen LogP contribution < -0.4 is 9.47 Å². The molecule has 2 fully saturated rings. The SMILES string of the molecule is COC(=O)c1cc(/C=C/C(=O)O[C@@H]2C[C@@H]3CN4CCc5c([nH]c6cc(OC)ccc56)[C@H]4C[C@@H]3[C@H](C(=O)OC)[C@H]2OC)ccc1OC. The average Bonchev–Trinajstić information content (AvgIpc) is 3.46. The molecule has 3 heterocycles. The van der Waals surface area contributed by atoms with Crippen LogP contribution in [0.3, 0.4) is 0 Å². The summed E-state index contributed by atoms with van der Waals surface area (Å²) in [7, 11) is 7.35. The number of methoxy groups -OCH3 is 5. The highest BCUT2D eigenvalue weighted by Gasteiger charge is 2.54. The van der Waals surface area contributed by atoms with Gasteiger partial charge in [-0.15, -0.1) is 0 Å². The van der Waals surface area contributed by atoms with Crippen LogP contribution in [0.5, 0.6) is 11.5 Å². The van der Waals surface area contributed by atoms with Gasteiger partial charge in [0.25, 0.3) is 0 Å². The molecular weight excluding hydrogens is 592 g/mol. The summed E-state index contributed by atoms with van der Waals surface area (Å²) in [6.07, 6.45) is 3.79. The van der Waals surface area contributed by atoms with Crippen molar-refractivity contribution in [3.05, 3.63) is 64.9 Å². The lowest BCUT2D eigenvalue weighted by Crippen LogP contribution is -2.58. The van der Waals surface area contributed by atoms with Gasteiger partial charge in [-0.05, 0) is 72.6 Å². The quantitative estimate of drug-likeness (QED) is 0.218. The van der Waals surface area contributed by atoms with Crippen molar-refractivity contribution in [1.29, 1.82) is 0 Å². The Morgan fingerprint density at radius 2 is 1.78 bits per heavy atom. The van der Waals surface area contributed by atoms with Crippen molar-refractivity contribution in [2.45, 2.75) is 37.5 Å². The van der Waals surface area contributed by atoms with Crippen molar-refractivity contribution in [2.75, 3.05) is 48.6 Å². The third-order valence-electron chi connectivity index (χ3n) is 9.91. The summed E-state index contributed by atoms with van der Waals surface area (Å²) in [5.74, 6) is -0.838. The number of esters is 3. The zero-order valence-corrected chi connectivity index (χ0v) is 26.7. The van der Waals surface area contributed by atoms with Crippen LogP contribution in [0.4, 0.5) is 0 Å². The van der Waals surface area contributed by atoms with Gasteiger partial charge in [-0.25, -0.2) is 9.59 Å². The monoisotopic (exact) mass is 632 g/mol. The fraction of sp³-hybridized carbons (Fsp3) is 0.457. The number of nitrogens with zero attached hydrogens (tertiary/aromatic N) is 1. The smallest absolute Gasteiger partial charge is 0.341 e. The summed E-state index contributed by atoms with van der Waals surface area (Å²) in [6, 6.07) is 11.2. The number of aromatic amines is 1. The summed E-state index contributed by atoms with van der Waals surface area (Å²) in [4.78, 5) is 44.8. The van der Waals surface area contributed by atoms with E-state index in [4.69, 9.17) is 28.4 Å². The summed E-state index contributed by atoms with van der Waals surface area (Å²) < 4.78 is 32.7. The van der Waals surface area contributed by atoms with Gasteiger partial charge in [0.2, 0.25) is 0 Å². The predicted octanol–water partition coefficient (Wildman–Crippen LogP) is 4.34. The molecule has 0 spiro atoms. The van der Waals surface area contributed by atoms with E-state index in [0.717, 1.165) is 37.2 Å². The molecule has 3 aromatic rings. The fourth-order valence-corrected chi connectivity index (χ4v) is 7.81. The van der Waals surface area contributed by atoms with E-state index < -0.39 is 30.1 Å². The van der Waals surface area contributed by atoms with Crippen LogP contribution in [0, 0.1) is 17.8 Å². The fourth-order valence-electron chi connectivity index (χ4n) is 7.81. The maximum atomic E-state index is 13.4. The first-order valence-electron chi connectivity index (χ1n) is 15.5. The van der Waals surface area contributed by atoms with Gasteiger partial charge in [0, 0.05) is 48.9 Å². The van der Waals surface area contributed by atoms with E-state index in [-0.39, 0.29) is 29.4 Å². The zero-order chi connectivity index (χ0) is 32.5. The second-order valence-corrected chi connectivity index (χ2v) is 12.1. The van der Waals surface area contributed by atoms with E-state index in [1.165, 1.54) is 44.0 Å². The molecule has 0 amide bonds. The Kier molecular flexibility index (Phi) is 9.06. The molecule has 6 rings (SSSR count). The van der Waals surface area contributed by atoms with Gasteiger partial charge in [-0.2, -0.15) is 0 Å². The van der Waals surface area contributed by atoms with E-state index >= 15 is 0 Å². The van der Waals surface area contributed by atoms with Crippen LogP contribution >= 0.6 is 0 Å². The molecule has 0 radical (unpaired) electrons. The molecule has 0 bridgehead atoms. The minimum Gasteiger partial charge on any atom is -0.497 e. The number of aromatic nitrogens is 1. The van der Waals surface area contributed by atoms with Gasteiger partial charge in [0.1, 0.15) is 29.3 Å². The molecule has 11 nitrogen and oxygen atoms in total. The first-order valence-corrected chi connectivity index (χ1v) is 15.5. The molecule has 1 saturated carbocycles. The summed E-state index contributed by atoms with van der Waals surface area (Å²) >= 11 is 0. The van der Waals surface area contributed by atoms with Gasteiger partial charge in [-0.3, -0.25) is 9.69 Å². The van der Waals surface area contributed by atoms with Crippen LogP contribution in [0.2, 0.25) is 0 Å². The van der Waals surface area contributed by atoms with E-state index in [1.807, 2.05) is 12.1 Å². The predicted molar refractivity (Wildman–Crippen MR) is 169 cm³/mol. The highest BCUT2D eigenvalue weighted by atomic mass is 16.6. The number of carbonyl (C=O) groups is 3. The normalized spacial score (nSPS) is 25.7. The number of hydrogen-bond donors (Lipinski definition) is 1.